The minimum Gasteiger partial charge on any atom is -0.349 e. The maximum atomic E-state index is 11.5. The lowest BCUT2D eigenvalue weighted by atomic mass is 9.99. The summed E-state index contributed by atoms with van der Waals surface area (Å²) in [6.45, 7) is 3.54. The standard InChI is InChI=1S/C13H24N2O2/c1-11(16)12-7-4-5-9-15(12)10-6-8-13(17)14(2)3/h12H,4-10H2,1-3H3. The largest absolute Gasteiger partial charge is 0.349 e. The van der Waals surface area contributed by atoms with Crippen LogP contribution < -0.4 is 0 Å². The highest BCUT2D eigenvalue weighted by molar-refractivity contribution is 5.81. The van der Waals surface area contributed by atoms with Crippen molar-refractivity contribution in [3.05, 3.63) is 0 Å². The Kier molecular flexibility index (Phi) is 5.62. The third kappa shape index (κ3) is 4.46. The van der Waals surface area contributed by atoms with Crippen LogP contribution in [0.4, 0.5) is 0 Å². The number of carbonyl (C=O) groups is 2. The molecule has 1 unspecified atom stereocenters. The van der Waals surface area contributed by atoms with Gasteiger partial charge < -0.3 is 4.90 Å². The number of ketones is 1. The minimum atomic E-state index is 0.0956. The molecule has 0 radical (unpaired) electrons. The van der Waals surface area contributed by atoms with E-state index in [4.69, 9.17) is 0 Å². The van der Waals surface area contributed by atoms with Crippen LogP contribution in [-0.2, 0) is 9.59 Å². The number of carbonyl (C=O) groups excluding carboxylic acids is 2. The van der Waals surface area contributed by atoms with Gasteiger partial charge in [0.1, 0.15) is 5.78 Å². The summed E-state index contributed by atoms with van der Waals surface area (Å²) in [7, 11) is 3.56. The van der Waals surface area contributed by atoms with Gasteiger partial charge in [0.15, 0.2) is 0 Å². The number of hydrogen-bond donors (Lipinski definition) is 0. The summed E-state index contributed by atoms with van der Waals surface area (Å²) in [4.78, 5) is 26.8. The molecule has 0 aliphatic carbocycles. The van der Waals surface area contributed by atoms with E-state index in [1.807, 2.05) is 0 Å². The molecule has 1 heterocycles. The van der Waals surface area contributed by atoms with Gasteiger partial charge in [0.25, 0.3) is 0 Å². The number of amides is 1. The summed E-state index contributed by atoms with van der Waals surface area (Å²) >= 11 is 0. The molecule has 1 aliphatic heterocycles. The van der Waals surface area contributed by atoms with Crippen molar-refractivity contribution in [2.75, 3.05) is 27.2 Å². The molecule has 1 rings (SSSR count). The van der Waals surface area contributed by atoms with E-state index in [0.717, 1.165) is 32.4 Å². The molecule has 4 heteroatoms. The molecular weight excluding hydrogens is 216 g/mol. The quantitative estimate of drug-likeness (QED) is 0.727. The van der Waals surface area contributed by atoms with E-state index in [0.29, 0.717) is 6.42 Å². The number of piperidine rings is 1. The van der Waals surface area contributed by atoms with E-state index in [2.05, 4.69) is 4.90 Å². The zero-order valence-corrected chi connectivity index (χ0v) is 11.2. The van der Waals surface area contributed by atoms with Crippen LogP contribution in [0.2, 0.25) is 0 Å². The highest BCUT2D eigenvalue weighted by atomic mass is 16.2. The fourth-order valence-electron chi connectivity index (χ4n) is 2.38. The number of likely N-dealkylation sites (tertiary alicyclic amines) is 1. The molecule has 0 saturated carbocycles. The first-order valence-corrected chi connectivity index (χ1v) is 6.47. The van der Waals surface area contributed by atoms with Gasteiger partial charge >= 0.3 is 0 Å². The molecule has 1 fully saturated rings. The van der Waals surface area contributed by atoms with Gasteiger partial charge in [0.2, 0.25) is 5.91 Å². The summed E-state index contributed by atoms with van der Waals surface area (Å²) in [5.74, 6) is 0.435. The third-order valence-electron chi connectivity index (χ3n) is 3.42. The van der Waals surface area contributed by atoms with Crippen LogP contribution in [0.5, 0.6) is 0 Å². The Bertz CT molecular complexity index is 277. The van der Waals surface area contributed by atoms with E-state index in [1.54, 1.807) is 25.9 Å². The van der Waals surface area contributed by atoms with Gasteiger partial charge in [-0.2, -0.15) is 0 Å². The van der Waals surface area contributed by atoms with E-state index in [1.165, 1.54) is 6.42 Å². The van der Waals surface area contributed by atoms with Gasteiger partial charge in [-0.05, 0) is 39.3 Å². The van der Waals surface area contributed by atoms with Gasteiger partial charge in [0.05, 0.1) is 6.04 Å². The second-order valence-electron chi connectivity index (χ2n) is 5.05. The molecule has 1 saturated heterocycles. The molecule has 4 nitrogen and oxygen atoms in total. The number of hydrogen-bond acceptors (Lipinski definition) is 3. The van der Waals surface area contributed by atoms with Crippen molar-refractivity contribution in [1.82, 2.24) is 9.80 Å². The van der Waals surface area contributed by atoms with Crippen molar-refractivity contribution >= 4 is 11.7 Å². The highest BCUT2D eigenvalue weighted by Gasteiger charge is 2.25. The van der Waals surface area contributed by atoms with Crippen molar-refractivity contribution in [3.63, 3.8) is 0 Å². The first-order chi connectivity index (χ1) is 8.02. The Morgan fingerprint density at radius 3 is 2.59 bits per heavy atom. The monoisotopic (exact) mass is 240 g/mol. The summed E-state index contributed by atoms with van der Waals surface area (Å²) in [5.41, 5.74) is 0. The molecule has 1 aliphatic rings. The Morgan fingerprint density at radius 2 is 2.00 bits per heavy atom. The molecule has 0 N–H and O–H groups in total. The molecule has 1 atom stereocenters. The lowest BCUT2D eigenvalue weighted by Gasteiger charge is -2.34. The van der Waals surface area contributed by atoms with E-state index in [9.17, 15) is 9.59 Å². The van der Waals surface area contributed by atoms with Gasteiger partial charge in [-0.3, -0.25) is 14.5 Å². The van der Waals surface area contributed by atoms with Gasteiger partial charge in [-0.25, -0.2) is 0 Å². The topological polar surface area (TPSA) is 40.6 Å². The van der Waals surface area contributed by atoms with Crippen molar-refractivity contribution in [2.45, 2.75) is 45.1 Å². The molecule has 0 aromatic heterocycles. The summed E-state index contributed by atoms with van der Waals surface area (Å²) in [5, 5.41) is 0. The first-order valence-electron chi connectivity index (χ1n) is 6.47. The average Bonchev–Trinajstić information content (AvgIpc) is 2.29. The van der Waals surface area contributed by atoms with Crippen LogP contribution in [0.25, 0.3) is 0 Å². The molecule has 0 bridgehead atoms. The smallest absolute Gasteiger partial charge is 0.222 e. The number of nitrogens with zero attached hydrogens (tertiary/aromatic N) is 2. The zero-order valence-electron chi connectivity index (χ0n) is 11.2. The summed E-state index contributed by atoms with van der Waals surface area (Å²) in [6.07, 6.45) is 4.73. The van der Waals surface area contributed by atoms with Gasteiger partial charge in [0, 0.05) is 20.5 Å². The second-order valence-corrected chi connectivity index (χ2v) is 5.05. The minimum absolute atomic E-state index is 0.0956. The zero-order chi connectivity index (χ0) is 12.8. The SMILES string of the molecule is CC(=O)C1CCCCN1CCCC(=O)N(C)C. The van der Waals surface area contributed by atoms with Crippen LogP contribution in [0.1, 0.15) is 39.0 Å². The Morgan fingerprint density at radius 1 is 1.29 bits per heavy atom. The molecular formula is C13H24N2O2. The molecule has 0 spiro atoms. The maximum Gasteiger partial charge on any atom is 0.222 e. The number of rotatable bonds is 5. The van der Waals surface area contributed by atoms with E-state index in [-0.39, 0.29) is 17.7 Å². The Balaban J connectivity index is 2.33. The third-order valence-corrected chi connectivity index (χ3v) is 3.42. The highest BCUT2D eigenvalue weighted by Crippen LogP contribution is 2.18. The van der Waals surface area contributed by atoms with Crippen LogP contribution >= 0.6 is 0 Å². The molecule has 0 aromatic rings. The molecule has 1 amide bonds. The Hall–Kier alpha value is -0.900. The summed E-state index contributed by atoms with van der Waals surface area (Å²) in [6, 6.07) is 0.0956. The van der Waals surface area contributed by atoms with Crippen LogP contribution in [0, 0.1) is 0 Å². The maximum absolute atomic E-state index is 11.5. The predicted molar refractivity (Wildman–Crippen MR) is 67.8 cm³/mol. The van der Waals surface area contributed by atoms with Crippen LogP contribution in [-0.4, -0.2) is 54.7 Å². The van der Waals surface area contributed by atoms with Gasteiger partial charge in [-0.15, -0.1) is 0 Å². The molecule has 98 valence electrons. The molecule has 17 heavy (non-hydrogen) atoms. The lowest BCUT2D eigenvalue weighted by molar-refractivity contribution is -0.128. The van der Waals surface area contributed by atoms with E-state index >= 15 is 0 Å². The van der Waals surface area contributed by atoms with Crippen molar-refractivity contribution in [1.29, 1.82) is 0 Å². The Labute approximate surface area is 104 Å². The van der Waals surface area contributed by atoms with E-state index < -0.39 is 0 Å². The second kappa shape index (κ2) is 6.74. The van der Waals surface area contributed by atoms with Gasteiger partial charge in [-0.1, -0.05) is 6.42 Å². The molecule has 0 aromatic carbocycles. The predicted octanol–water partition coefficient (Wildman–Crippen LogP) is 1.30. The fraction of sp³-hybridized carbons (Fsp3) is 0.846. The first kappa shape index (κ1) is 14.2. The van der Waals surface area contributed by atoms with Crippen molar-refractivity contribution < 1.29 is 9.59 Å². The summed E-state index contributed by atoms with van der Waals surface area (Å²) < 4.78 is 0. The van der Waals surface area contributed by atoms with Crippen molar-refractivity contribution in [3.8, 4) is 0 Å². The normalized spacial score (nSPS) is 21.2. The fourth-order valence-corrected chi connectivity index (χ4v) is 2.38. The average molecular weight is 240 g/mol. The van der Waals surface area contributed by atoms with Crippen LogP contribution in [0.15, 0.2) is 0 Å². The lowest BCUT2D eigenvalue weighted by Crippen LogP contribution is -2.44. The number of Topliss-reactive ketones (excluding diaryl/α,β-unsaturated/α-hetero) is 1. The van der Waals surface area contributed by atoms with Crippen molar-refractivity contribution in [2.24, 2.45) is 0 Å². The van der Waals surface area contributed by atoms with Crippen LogP contribution in [0.3, 0.4) is 0 Å².